The summed E-state index contributed by atoms with van der Waals surface area (Å²) < 4.78 is 0. The third-order valence-electron chi connectivity index (χ3n) is 3.89. The number of hydrogen-bond donors (Lipinski definition) is 0. The first-order valence-corrected chi connectivity index (χ1v) is 9.42. The number of benzene rings is 2. The Morgan fingerprint density at radius 2 is 1.56 bits per heavy atom. The molecule has 0 heterocycles. The predicted octanol–water partition coefficient (Wildman–Crippen LogP) is 4.86. The zero-order chi connectivity index (χ0) is 18.1. The number of nitrogens with zero attached hydrogens (tertiary/aromatic N) is 2. The van der Waals surface area contributed by atoms with Gasteiger partial charge >= 0.3 is 0 Å². The molecule has 0 radical (unpaired) electrons. The van der Waals surface area contributed by atoms with Gasteiger partial charge in [-0.1, -0.05) is 60.7 Å². The van der Waals surface area contributed by atoms with E-state index in [4.69, 9.17) is 0 Å². The van der Waals surface area contributed by atoms with E-state index in [0.717, 1.165) is 11.3 Å². The second-order valence-electron chi connectivity index (χ2n) is 5.45. The van der Waals surface area contributed by atoms with E-state index in [1.807, 2.05) is 67.3 Å². The molecule has 4 heteroatoms. The zero-order valence-corrected chi connectivity index (χ0v) is 15.6. The van der Waals surface area contributed by atoms with Gasteiger partial charge in [-0.3, -0.25) is 9.79 Å². The van der Waals surface area contributed by atoms with Crippen molar-refractivity contribution in [1.29, 1.82) is 0 Å². The fourth-order valence-electron chi connectivity index (χ4n) is 2.51. The van der Waals surface area contributed by atoms with E-state index in [2.05, 4.69) is 23.8 Å². The SMILES string of the molecule is C=N/C(=C(\SCc1ccccc1)C(=O)N(CC)CC)c1ccccc1. The number of likely N-dealkylation sites (N-methyl/N-ethyl adjacent to an activating group) is 1. The van der Waals surface area contributed by atoms with Crippen molar-refractivity contribution in [2.24, 2.45) is 4.99 Å². The van der Waals surface area contributed by atoms with Gasteiger partial charge in [0, 0.05) is 24.4 Å². The van der Waals surface area contributed by atoms with Gasteiger partial charge in [-0.05, 0) is 26.1 Å². The van der Waals surface area contributed by atoms with Gasteiger partial charge in [0.25, 0.3) is 5.91 Å². The minimum absolute atomic E-state index is 0.0113. The van der Waals surface area contributed by atoms with Crippen LogP contribution in [0.4, 0.5) is 0 Å². The highest BCUT2D eigenvalue weighted by Gasteiger charge is 2.21. The fraction of sp³-hybridized carbons (Fsp3) is 0.238. The van der Waals surface area contributed by atoms with Crippen LogP contribution in [0.3, 0.4) is 0 Å². The monoisotopic (exact) mass is 352 g/mol. The summed E-state index contributed by atoms with van der Waals surface area (Å²) in [5, 5.41) is 0. The minimum Gasteiger partial charge on any atom is -0.339 e. The molecule has 0 spiro atoms. The molecule has 2 aromatic rings. The number of amides is 1. The van der Waals surface area contributed by atoms with E-state index in [1.54, 1.807) is 0 Å². The predicted molar refractivity (Wildman–Crippen MR) is 109 cm³/mol. The average molecular weight is 353 g/mol. The first-order chi connectivity index (χ1) is 12.2. The van der Waals surface area contributed by atoms with Crippen LogP contribution < -0.4 is 0 Å². The normalized spacial score (nSPS) is 11.6. The number of hydrogen-bond acceptors (Lipinski definition) is 3. The Bertz CT molecular complexity index is 722. The maximum absolute atomic E-state index is 13.1. The van der Waals surface area contributed by atoms with Crippen molar-refractivity contribution in [3.63, 3.8) is 0 Å². The van der Waals surface area contributed by atoms with Gasteiger partial charge in [-0.2, -0.15) is 0 Å². The molecule has 0 aliphatic heterocycles. The molecule has 1 amide bonds. The van der Waals surface area contributed by atoms with Crippen LogP contribution in [0, 0.1) is 0 Å². The third-order valence-corrected chi connectivity index (χ3v) is 5.03. The first kappa shape index (κ1) is 19.0. The Labute approximate surface area is 154 Å². The molecule has 0 N–H and O–H groups in total. The highest BCUT2D eigenvalue weighted by atomic mass is 32.2. The molecule has 0 unspecified atom stereocenters. The van der Waals surface area contributed by atoms with Crippen LogP contribution >= 0.6 is 11.8 Å². The number of carbonyl (C=O) groups excluding carboxylic acids is 1. The molecular formula is C21H24N2OS. The Morgan fingerprint density at radius 1 is 1.00 bits per heavy atom. The summed E-state index contributed by atoms with van der Waals surface area (Å²) in [5.74, 6) is 0.729. The highest BCUT2D eigenvalue weighted by Crippen LogP contribution is 2.32. The summed E-state index contributed by atoms with van der Waals surface area (Å²) in [6, 6.07) is 19.9. The number of carbonyl (C=O) groups is 1. The smallest absolute Gasteiger partial charge is 0.262 e. The summed E-state index contributed by atoms with van der Waals surface area (Å²) in [6.45, 7) is 9.04. The molecule has 3 nitrogen and oxygen atoms in total. The summed E-state index contributed by atoms with van der Waals surface area (Å²) in [5.41, 5.74) is 2.74. The van der Waals surface area contributed by atoms with Crippen LogP contribution in [-0.2, 0) is 10.5 Å². The third kappa shape index (κ3) is 5.07. The van der Waals surface area contributed by atoms with E-state index in [0.29, 0.717) is 23.7 Å². The molecule has 130 valence electrons. The molecule has 2 aromatic carbocycles. The summed E-state index contributed by atoms with van der Waals surface area (Å²) in [6.07, 6.45) is 0. The Balaban J connectivity index is 2.41. The van der Waals surface area contributed by atoms with Gasteiger partial charge in [0.05, 0.1) is 10.6 Å². The lowest BCUT2D eigenvalue weighted by Crippen LogP contribution is -2.31. The molecule has 0 aliphatic carbocycles. The van der Waals surface area contributed by atoms with Crippen molar-refractivity contribution in [3.8, 4) is 0 Å². The maximum Gasteiger partial charge on any atom is 0.262 e. The number of thioether (sulfide) groups is 1. The van der Waals surface area contributed by atoms with E-state index in [-0.39, 0.29) is 5.91 Å². The van der Waals surface area contributed by atoms with Gasteiger partial charge in [0.2, 0.25) is 0 Å². The van der Waals surface area contributed by atoms with E-state index >= 15 is 0 Å². The van der Waals surface area contributed by atoms with Crippen molar-refractivity contribution in [2.45, 2.75) is 19.6 Å². The van der Waals surface area contributed by atoms with Crippen molar-refractivity contribution in [1.82, 2.24) is 4.90 Å². The molecule has 0 saturated carbocycles. The standard InChI is InChI=1S/C21H24N2OS/c1-4-23(5-2)21(24)20(25-16-17-12-8-6-9-13-17)19(22-3)18-14-10-7-11-15-18/h6-15H,3-5,16H2,1-2H3/b20-19-. The van der Waals surface area contributed by atoms with Gasteiger partial charge < -0.3 is 4.90 Å². The van der Waals surface area contributed by atoms with E-state index < -0.39 is 0 Å². The lowest BCUT2D eigenvalue weighted by atomic mass is 10.1. The van der Waals surface area contributed by atoms with Gasteiger partial charge in [0.15, 0.2) is 0 Å². The molecule has 0 bridgehead atoms. The van der Waals surface area contributed by atoms with Crippen LogP contribution in [0.1, 0.15) is 25.0 Å². The second-order valence-corrected chi connectivity index (χ2v) is 6.44. The molecular weight excluding hydrogens is 328 g/mol. The van der Waals surface area contributed by atoms with Gasteiger partial charge in [-0.25, -0.2) is 0 Å². The lowest BCUT2D eigenvalue weighted by Gasteiger charge is -2.21. The van der Waals surface area contributed by atoms with Crippen LogP contribution in [0.25, 0.3) is 5.70 Å². The number of aliphatic imine (C=N–C) groups is 1. The average Bonchev–Trinajstić information content (AvgIpc) is 2.67. The lowest BCUT2D eigenvalue weighted by molar-refractivity contribution is -0.125. The Kier molecular flexibility index (Phi) is 7.48. The summed E-state index contributed by atoms with van der Waals surface area (Å²) in [7, 11) is 0. The second kappa shape index (κ2) is 9.84. The van der Waals surface area contributed by atoms with Gasteiger partial charge in [-0.15, -0.1) is 11.8 Å². The van der Waals surface area contributed by atoms with Crippen molar-refractivity contribution < 1.29 is 4.79 Å². The molecule has 0 aliphatic rings. The molecule has 0 aromatic heterocycles. The van der Waals surface area contributed by atoms with Crippen LogP contribution in [0.15, 0.2) is 70.6 Å². The van der Waals surface area contributed by atoms with E-state index in [9.17, 15) is 4.79 Å². The zero-order valence-electron chi connectivity index (χ0n) is 14.8. The van der Waals surface area contributed by atoms with Crippen LogP contribution in [0.5, 0.6) is 0 Å². The molecule has 0 atom stereocenters. The molecule has 25 heavy (non-hydrogen) atoms. The van der Waals surface area contributed by atoms with Crippen molar-refractivity contribution in [3.05, 3.63) is 76.7 Å². The van der Waals surface area contributed by atoms with Crippen molar-refractivity contribution in [2.75, 3.05) is 13.1 Å². The summed E-state index contributed by atoms with van der Waals surface area (Å²) in [4.78, 5) is 19.7. The molecule has 2 rings (SSSR count). The first-order valence-electron chi connectivity index (χ1n) is 8.43. The van der Waals surface area contributed by atoms with Gasteiger partial charge in [0.1, 0.15) is 0 Å². The Hall–Kier alpha value is -2.33. The van der Waals surface area contributed by atoms with Crippen molar-refractivity contribution >= 4 is 30.1 Å². The fourth-order valence-corrected chi connectivity index (χ4v) is 3.58. The highest BCUT2D eigenvalue weighted by molar-refractivity contribution is 8.03. The molecule has 0 fully saturated rings. The van der Waals surface area contributed by atoms with Crippen LogP contribution in [0.2, 0.25) is 0 Å². The minimum atomic E-state index is 0.0113. The molecule has 0 saturated heterocycles. The van der Waals surface area contributed by atoms with Crippen LogP contribution in [-0.4, -0.2) is 30.6 Å². The van der Waals surface area contributed by atoms with E-state index in [1.165, 1.54) is 17.3 Å². The largest absolute Gasteiger partial charge is 0.339 e. The summed E-state index contributed by atoms with van der Waals surface area (Å²) >= 11 is 1.52. The quantitative estimate of drug-likeness (QED) is 0.502. The number of rotatable bonds is 8. The Morgan fingerprint density at radius 3 is 2.08 bits per heavy atom. The maximum atomic E-state index is 13.1. The topological polar surface area (TPSA) is 32.7 Å².